The van der Waals surface area contributed by atoms with Crippen LogP contribution in [0.2, 0.25) is 0 Å². The Hall–Kier alpha value is -1.43. The van der Waals surface area contributed by atoms with Crippen LogP contribution in [0.1, 0.15) is 19.4 Å². The number of aryl methyl sites for hydroxylation is 1. The second-order valence-corrected chi connectivity index (χ2v) is 7.22. The molecule has 0 saturated heterocycles. The zero-order valence-corrected chi connectivity index (χ0v) is 12.7. The summed E-state index contributed by atoms with van der Waals surface area (Å²) >= 11 is 0. The van der Waals surface area contributed by atoms with E-state index in [1.807, 2.05) is 25.1 Å². The van der Waals surface area contributed by atoms with Crippen LogP contribution < -0.4 is 4.72 Å². The number of rotatable bonds is 4. The van der Waals surface area contributed by atoms with Gasteiger partial charge in [0.05, 0.1) is 17.0 Å². The molecule has 0 radical (unpaired) electrons. The van der Waals surface area contributed by atoms with Gasteiger partial charge in [0.15, 0.2) is 0 Å². The third-order valence-electron chi connectivity index (χ3n) is 3.20. The lowest BCUT2D eigenvalue weighted by molar-refractivity contribution is 0.208. The van der Waals surface area contributed by atoms with Crippen LogP contribution in [0.3, 0.4) is 0 Å². The van der Waals surface area contributed by atoms with Crippen molar-refractivity contribution in [2.45, 2.75) is 31.2 Å². The summed E-state index contributed by atoms with van der Waals surface area (Å²) < 4.78 is 27.6. The fraction of sp³-hybridized carbons (Fsp3) is 0.333. The van der Waals surface area contributed by atoms with E-state index in [2.05, 4.69) is 4.72 Å². The summed E-state index contributed by atoms with van der Waals surface area (Å²) in [4.78, 5) is 0.236. The first-order valence-electron chi connectivity index (χ1n) is 6.40. The highest BCUT2D eigenvalue weighted by Crippen LogP contribution is 2.26. The lowest BCUT2D eigenvalue weighted by Gasteiger charge is -2.23. The van der Waals surface area contributed by atoms with Gasteiger partial charge in [-0.15, -0.1) is 0 Å². The van der Waals surface area contributed by atoms with Crippen molar-refractivity contribution in [1.29, 1.82) is 0 Å². The van der Waals surface area contributed by atoms with E-state index < -0.39 is 15.6 Å². The number of sulfonamides is 1. The Balaban J connectivity index is 2.61. The maximum Gasteiger partial charge on any atom is 0.241 e. The van der Waals surface area contributed by atoms with Crippen molar-refractivity contribution in [3.63, 3.8) is 0 Å². The van der Waals surface area contributed by atoms with E-state index in [-0.39, 0.29) is 11.5 Å². The molecule has 0 saturated carbocycles. The lowest BCUT2D eigenvalue weighted by Crippen LogP contribution is -2.46. The van der Waals surface area contributed by atoms with Gasteiger partial charge in [-0.2, -0.15) is 0 Å². The molecule has 2 N–H and O–H groups in total. The van der Waals surface area contributed by atoms with Gasteiger partial charge in [0.25, 0.3) is 0 Å². The van der Waals surface area contributed by atoms with Gasteiger partial charge < -0.3 is 5.11 Å². The fourth-order valence-corrected chi connectivity index (χ4v) is 3.72. The Morgan fingerprint density at radius 2 is 1.70 bits per heavy atom. The average Bonchev–Trinajstić information content (AvgIpc) is 2.38. The second-order valence-electron chi connectivity index (χ2n) is 5.57. The van der Waals surface area contributed by atoms with Crippen molar-refractivity contribution in [2.24, 2.45) is 0 Å². The molecule has 0 aliphatic rings. The van der Waals surface area contributed by atoms with Crippen LogP contribution in [0, 0.1) is 6.92 Å². The molecule has 2 aromatic carbocycles. The molecular formula is C15H19NO3S. The molecule has 0 bridgehead atoms. The highest BCUT2D eigenvalue weighted by molar-refractivity contribution is 7.89. The molecule has 0 heterocycles. The van der Waals surface area contributed by atoms with Crippen LogP contribution in [-0.2, 0) is 10.0 Å². The highest BCUT2D eigenvalue weighted by Gasteiger charge is 2.26. The first-order valence-corrected chi connectivity index (χ1v) is 7.88. The van der Waals surface area contributed by atoms with Crippen LogP contribution in [0.25, 0.3) is 10.8 Å². The number of hydrogen-bond acceptors (Lipinski definition) is 3. The van der Waals surface area contributed by atoms with Gasteiger partial charge in [-0.25, -0.2) is 13.1 Å². The molecule has 0 aromatic heterocycles. The number of fused-ring (bicyclic) bond motifs is 1. The molecule has 5 heteroatoms. The number of aliphatic hydroxyl groups is 1. The summed E-state index contributed by atoms with van der Waals surface area (Å²) in [5, 5.41) is 10.8. The first kappa shape index (κ1) is 15.0. The highest BCUT2D eigenvalue weighted by atomic mass is 32.2. The maximum absolute atomic E-state index is 12.5. The van der Waals surface area contributed by atoms with Gasteiger partial charge in [-0.3, -0.25) is 0 Å². The van der Waals surface area contributed by atoms with Gasteiger partial charge in [0.1, 0.15) is 0 Å². The summed E-state index contributed by atoms with van der Waals surface area (Å²) in [6.45, 7) is 4.96. The molecule has 108 valence electrons. The van der Waals surface area contributed by atoms with Gasteiger partial charge >= 0.3 is 0 Å². The average molecular weight is 293 g/mol. The zero-order chi connectivity index (χ0) is 15.0. The molecule has 4 nitrogen and oxygen atoms in total. The first-order chi connectivity index (χ1) is 9.27. The number of nitrogens with one attached hydrogen (secondary N) is 1. The Morgan fingerprint density at radius 3 is 2.30 bits per heavy atom. The van der Waals surface area contributed by atoms with Crippen molar-refractivity contribution in [3.8, 4) is 0 Å². The molecule has 0 amide bonds. The predicted molar refractivity (Wildman–Crippen MR) is 80.2 cm³/mol. The van der Waals surface area contributed by atoms with E-state index in [0.29, 0.717) is 5.39 Å². The van der Waals surface area contributed by atoms with Crippen LogP contribution in [0.5, 0.6) is 0 Å². The smallest absolute Gasteiger partial charge is 0.241 e. The van der Waals surface area contributed by atoms with E-state index in [1.54, 1.807) is 32.0 Å². The monoisotopic (exact) mass is 293 g/mol. The van der Waals surface area contributed by atoms with Crippen molar-refractivity contribution in [3.05, 3.63) is 42.0 Å². The Labute approximate surface area is 119 Å². The minimum atomic E-state index is -3.68. The van der Waals surface area contributed by atoms with Crippen LogP contribution in [0.4, 0.5) is 0 Å². The molecular weight excluding hydrogens is 274 g/mol. The Morgan fingerprint density at radius 1 is 1.10 bits per heavy atom. The van der Waals surface area contributed by atoms with Crippen molar-refractivity contribution < 1.29 is 13.5 Å². The van der Waals surface area contributed by atoms with E-state index in [4.69, 9.17) is 0 Å². The third kappa shape index (κ3) is 2.85. The van der Waals surface area contributed by atoms with E-state index in [0.717, 1.165) is 10.9 Å². The number of aliphatic hydroxyl groups excluding tert-OH is 1. The zero-order valence-electron chi connectivity index (χ0n) is 11.8. The van der Waals surface area contributed by atoms with Crippen molar-refractivity contribution in [1.82, 2.24) is 4.72 Å². The molecule has 0 unspecified atom stereocenters. The van der Waals surface area contributed by atoms with Gasteiger partial charge in [0.2, 0.25) is 10.0 Å². The Kier molecular flexibility index (Phi) is 3.86. The maximum atomic E-state index is 12.5. The van der Waals surface area contributed by atoms with Crippen LogP contribution >= 0.6 is 0 Å². The van der Waals surface area contributed by atoms with Gasteiger partial charge in [-0.05, 0) is 37.8 Å². The predicted octanol–water partition coefficient (Wildman–Crippen LogP) is 2.20. The lowest BCUT2D eigenvalue weighted by atomic mass is 10.1. The minimum Gasteiger partial charge on any atom is -0.394 e. The molecule has 20 heavy (non-hydrogen) atoms. The van der Waals surface area contributed by atoms with Crippen LogP contribution in [-0.4, -0.2) is 25.7 Å². The summed E-state index contributed by atoms with van der Waals surface area (Å²) in [6.07, 6.45) is 0. The molecule has 0 aliphatic heterocycles. The van der Waals surface area contributed by atoms with E-state index >= 15 is 0 Å². The summed E-state index contributed by atoms with van der Waals surface area (Å²) in [7, 11) is -3.68. The number of hydrogen-bond donors (Lipinski definition) is 2. The van der Waals surface area contributed by atoms with Crippen molar-refractivity contribution >= 4 is 20.8 Å². The van der Waals surface area contributed by atoms with E-state index in [1.165, 1.54) is 0 Å². The largest absolute Gasteiger partial charge is 0.394 e. The SMILES string of the molecule is Cc1ccc(S(=O)(=O)NC(C)(C)CO)c2ccccc12. The molecule has 0 spiro atoms. The normalized spacial score (nSPS) is 12.8. The summed E-state index contributed by atoms with van der Waals surface area (Å²) in [5.74, 6) is 0. The van der Waals surface area contributed by atoms with Gasteiger partial charge in [-0.1, -0.05) is 30.3 Å². The van der Waals surface area contributed by atoms with E-state index in [9.17, 15) is 13.5 Å². The standard InChI is InChI=1S/C15H19NO3S/c1-11-8-9-14(13-7-5-4-6-12(11)13)20(18,19)16-15(2,3)10-17/h4-9,16-17H,10H2,1-3H3. The van der Waals surface area contributed by atoms with Crippen molar-refractivity contribution in [2.75, 3.05) is 6.61 Å². The quantitative estimate of drug-likeness (QED) is 0.908. The minimum absolute atomic E-state index is 0.236. The second kappa shape index (κ2) is 5.16. The third-order valence-corrected chi connectivity index (χ3v) is 4.95. The van der Waals surface area contributed by atoms with Gasteiger partial charge in [0, 0.05) is 5.39 Å². The Bertz CT molecular complexity index is 736. The molecule has 0 aliphatic carbocycles. The topological polar surface area (TPSA) is 66.4 Å². The summed E-state index contributed by atoms with van der Waals surface area (Å²) in [5.41, 5.74) is 0.131. The van der Waals surface area contributed by atoms with Crippen LogP contribution in [0.15, 0.2) is 41.3 Å². The molecule has 0 atom stereocenters. The molecule has 2 aromatic rings. The number of benzene rings is 2. The summed E-state index contributed by atoms with van der Waals surface area (Å²) in [6, 6.07) is 10.8. The molecule has 0 fully saturated rings. The molecule has 2 rings (SSSR count). The fourth-order valence-electron chi connectivity index (χ4n) is 2.11.